The standard InChI is InChI=1S/C10H13FN/c1-10(2,3)12-9-7-5-4-6-8(9)11/h4-7H,1-3H3. The van der Waals surface area contributed by atoms with Crippen LogP contribution in [0.4, 0.5) is 10.1 Å². The van der Waals surface area contributed by atoms with Crippen molar-refractivity contribution in [1.82, 2.24) is 5.32 Å². The summed E-state index contributed by atoms with van der Waals surface area (Å²) in [5, 5.41) is 4.22. The number of nitrogens with zero attached hydrogens (tertiary/aromatic N) is 1. The lowest BCUT2D eigenvalue weighted by Crippen LogP contribution is -2.25. The summed E-state index contributed by atoms with van der Waals surface area (Å²) in [6.07, 6.45) is 0. The van der Waals surface area contributed by atoms with Gasteiger partial charge in [-0.05, 0) is 32.9 Å². The van der Waals surface area contributed by atoms with E-state index in [4.69, 9.17) is 0 Å². The lowest BCUT2D eigenvalue weighted by Gasteiger charge is -2.18. The summed E-state index contributed by atoms with van der Waals surface area (Å²) in [6, 6.07) is 6.55. The maximum absolute atomic E-state index is 13.0. The van der Waals surface area contributed by atoms with E-state index in [2.05, 4.69) is 5.32 Å². The van der Waals surface area contributed by atoms with Gasteiger partial charge in [0.15, 0.2) is 0 Å². The average Bonchev–Trinajstić information content (AvgIpc) is 1.91. The molecule has 0 saturated heterocycles. The first kappa shape index (κ1) is 9.04. The van der Waals surface area contributed by atoms with Gasteiger partial charge in [-0.1, -0.05) is 12.1 Å². The molecule has 0 heterocycles. The molecule has 0 aliphatic heterocycles. The van der Waals surface area contributed by atoms with Gasteiger partial charge in [0.25, 0.3) is 0 Å². The van der Waals surface area contributed by atoms with Gasteiger partial charge < -0.3 is 0 Å². The molecule has 1 aromatic carbocycles. The molecule has 12 heavy (non-hydrogen) atoms. The van der Waals surface area contributed by atoms with Crippen LogP contribution in [-0.2, 0) is 0 Å². The molecule has 0 fully saturated rings. The van der Waals surface area contributed by atoms with E-state index in [1.165, 1.54) is 6.07 Å². The second-order valence-corrected chi connectivity index (χ2v) is 3.73. The minimum absolute atomic E-state index is 0.220. The normalized spacial score (nSPS) is 11.3. The van der Waals surface area contributed by atoms with Crippen LogP contribution in [0.2, 0.25) is 0 Å². The van der Waals surface area contributed by atoms with Crippen LogP contribution in [-0.4, -0.2) is 5.54 Å². The van der Waals surface area contributed by atoms with Gasteiger partial charge in [0.05, 0.1) is 11.2 Å². The molecule has 1 radical (unpaired) electrons. The van der Waals surface area contributed by atoms with Crippen LogP contribution in [0.5, 0.6) is 0 Å². The van der Waals surface area contributed by atoms with Crippen LogP contribution in [0.1, 0.15) is 20.8 Å². The van der Waals surface area contributed by atoms with Gasteiger partial charge in [-0.25, -0.2) is 4.39 Å². The minimum atomic E-state index is -0.257. The molecule has 0 aromatic heterocycles. The van der Waals surface area contributed by atoms with E-state index in [1.54, 1.807) is 18.2 Å². The summed E-state index contributed by atoms with van der Waals surface area (Å²) >= 11 is 0. The molecule has 0 amide bonds. The van der Waals surface area contributed by atoms with Crippen LogP contribution >= 0.6 is 0 Å². The Labute approximate surface area is 72.6 Å². The fourth-order valence-corrected chi connectivity index (χ4v) is 0.904. The number of benzene rings is 1. The van der Waals surface area contributed by atoms with Crippen LogP contribution in [0.3, 0.4) is 0 Å². The van der Waals surface area contributed by atoms with Crippen LogP contribution in [0.15, 0.2) is 24.3 Å². The van der Waals surface area contributed by atoms with E-state index in [9.17, 15) is 4.39 Å². The SMILES string of the molecule is CC(C)(C)[N]c1ccccc1F. The third kappa shape index (κ3) is 2.53. The zero-order valence-corrected chi connectivity index (χ0v) is 7.63. The zero-order valence-electron chi connectivity index (χ0n) is 7.63. The minimum Gasteiger partial charge on any atom is -0.277 e. The zero-order chi connectivity index (χ0) is 9.19. The fraction of sp³-hybridized carbons (Fsp3) is 0.400. The van der Waals surface area contributed by atoms with Crippen molar-refractivity contribution in [2.45, 2.75) is 26.3 Å². The van der Waals surface area contributed by atoms with Crippen molar-refractivity contribution in [3.8, 4) is 0 Å². The van der Waals surface area contributed by atoms with Crippen molar-refractivity contribution in [1.29, 1.82) is 0 Å². The van der Waals surface area contributed by atoms with E-state index in [-0.39, 0.29) is 11.4 Å². The summed E-state index contributed by atoms with van der Waals surface area (Å²) in [6.45, 7) is 5.83. The lowest BCUT2D eigenvalue weighted by atomic mass is 10.1. The lowest BCUT2D eigenvalue weighted by molar-refractivity contribution is 0.474. The molecule has 0 N–H and O–H groups in total. The highest BCUT2D eigenvalue weighted by molar-refractivity contribution is 5.37. The van der Waals surface area contributed by atoms with Gasteiger partial charge in [-0.3, -0.25) is 5.32 Å². The van der Waals surface area contributed by atoms with Gasteiger partial charge >= 0.3 is 0 Å². The summed E-state index contributed by atoms with van der Waals surface area (Å²) < 4.78 is 13.0. The summed E-state index contributed by atoms with van der Waals surface area (Å²) in [5.74, 6) is -0.257. The van der Waals surface area contributed by atoms with E-state index in [0.29, 0.717) is 5.69 Å². The number of hydrogen-bond acceptors (Lipinski definition) is 0. The van der Waals surface area contributed by atoms with E-state index >= 15 is 0 Å². The van der Waals surface area contributed by atoms with Gasteiger partial charge in [-0.2, -0.15) is 0 Å². The molecule has 2 heteroatoms. The van der Waals surface area contributed by atoms with Crippen molar-refractivity contribution in [2.24, 2.45) is 0 Å². The Morgan fingerprint density at radius 3 is 2.25 bits per heavy atom. The maximum Gasteiger partial charge on any atom is 0.148 e. The number of hydrogen-bond donors (Lipinski definition) is 0. The Morgan fingerprint density at radius 1 is 1.17 bits per heavy atom. The molecule has 0 spiro atoms. The number of para-hydroxylation sites is 1. The highest BCUT2D eigenvalue weighted by Gasteiger charge is 2.13. The third-order valence-corrected chi connectivity index (χ3v) is 1.31. The second-order valence-electron chi connectivity index (χ2n) is 3.73. The summed E-state index contributed by atoms with van der Waals surface area (Å²) in [7, 11) is 0. The number of rotatable bonds is 1. The smallest absolute Gasteiger partial charge is 0.148 e. The highest BCUT2D eigenvalue weighted by Crippen LogP contribution is 2.17. The highest BCUT2D eigenvalue weighted by atomic mass is 19.1. The molecule has 1 nitrogen and oxygen atoms in total. The average molecular weight is 166 g/mol. The Balaban J connectivity index is 2.83. The summed E-state index contributed by atoms with van der Waals surface area (Å²) in [5.41, 5.74) is 0.215. The molecule has 0 atom stereocenters. The van der Waals surface area contributed by atoms with Crippen molar-refractivity contribution < 1.29 is 4.39 Å². The fourth-order valence-electron chi connectivity index (χ4n) is 0.904. The molecular formula is C10H13FN. The molecule has 0 bridgehead atoms. The predicted molar refractivity (Wildman–Crippen MR) is 47.9 cm³/mol. The quantitative estimate of drug-likeness (QED) is 0.609. The predicted octanol–water partition coefficient (Wildman–Crippen LogP) is 2.86. The van der Waals surface area contributed by atoms with E-state index in [0.717, 1.165) is 0 Å². The van der Waals surface area contributed by atoms with Gasteiger partial charge in [0.2, 0.25) is 0 Å². The molecule has 1 rings (SSSR count). The van der Waals surface area contributed by atoms with E-state index in [1.807, 2.05) is 20.8 Å². The number of halogens is 1. The van der Waals surface area contributed by atoms with Gasteiger partial charge in [0, 0.05) is 0 Å². The molecule has 0 aliphatic rings. The first-order valence-corrected chi connectivity index (χ1v) is 3.96. The first-order chi connectivity index (χ1) is 5.49. The van der Waals surface area contributed by atoms with E-state index < -0.39 is 0 Å². The van der Waals surface area contributed by atoms with Crippen LogP contribution in [0.25, 0.3) is 0 Å². The molecular weight excluding hydrogens is 153 g/mol. The van der Waals surface area contributed by atoms with Crippen LogP contribution < -0.4 is 5.32 Å². The van der Waals surface area contributed by atoms with Gasteiger partial charge in [0.1, 0.15) is 5.82 Å². The molecule has 0 unspecified atom stereocenters. The Kier molecular flexibility index (Phi) is 2.36. The molecule has 1 aromatic rings. The van der Waals surface area contributed by atoms with Gasteiger partial charge in [-0.15, -0.1) is 0 Å². The largest absolute Gasteiger partial charge is 0.277 e. The molecule has 65 valence electrons. The molecule has 0 aliphatic carbocycles. The monoisotopic (exact) mass is 166 g/mol. The Bertz CT molecular complexity index is 263. The molecule has 0 saturated carbocycles. The Morgan fingerprint density at radius 2 is 1.75 bits per heavy atom. The van der Waals surface area contributed by atoms with Crippen molar-refractivity contribution in [2.75, 3.05) is 0 Å². The third-order valence-electron chi connectivity index (χ3n) is 1.31. The topological polar surface area (TPSA) is 14.1 Å². The summed E-state index contributed by atoms with van der Waals surface area (Å²) in [4.78, 5) is 0. The first-order valence-electron chi connectivity index (χ1n) is 3.96. The van der Waals surface area contributed by atoms with Crippen molar-refractivity contribution in [3.05, 3.63) is 30.1 Å². The van der Waals surface area contributed by atoms with Crippen molar-refractivity contribution >= 4 is 5.69 Å². The van der Waals surface area contributed by atoms with Crippen molar-refractivity contribution in [3.63, 3.8) is 0 Å². The maximum atomic E-state index is 13.0. The second kappa shape index (κ2) is 3.13. The Hall–Kier alpha value is -1.05. The van der Waals surface area contributed by atoms with Crippen LogP contribution in [0, 0.1) is 5.82 Å².